The van der Waals surface area contributed by atoms with Crippen LogP contribution in [0, 0.1) is 0 Å². The van der Waals surface area contributed by atoms with Gasteiger partial charge in [0.05, 0.1) is 12.0 Å². The molecule has 0 N–H and O–H groups in total. The summed E-state index contributed by atoms with van der Waals surface area (Å²) >= 11 is 1.42. The Kier molecular flexibility index (Phi) is 4.14. The van der Waals surface area contributed by atoms with Crippen molar-refractivity contribution in [2.45, 2.75) is 24.6 Å². The molecule has 114 valence electrons. The molecule has 0 unspecified atom stereocenters. The van der Waals surface area contributed by atoms with Crippen molar-refractivity contribution >= 4 is 21.2 Å². The number of sulfone groups is 1. The smallest absolute Gasteiger partial charge is 0.153 e. The molecule has 0 amide bonds. The van der Waals surface area contributed by atoms with Crippen LogP contribution in [0.2, 0.25) is 0 Å². The molecule has 7 heteroatoms. The largest absolute Gasteiger partial charge is 0.469 e. The molecule has 2 aromatic rings. The second kappa shape index (κ2) is 5.90. The van der Waals surface area contributed by atoms with Gasteiger partial charge >= 0.3 is 0 Å². The van der Waals surface area contributed by atoms with Gasteiger partial charge in [-0.25, -0.2) is 13.4 Å². The van der Waals surface area contributed by atoms with E-state index in [1.807, 2.05) is 17.5 Å². The topological polar surface area (TPSA) is 63.4 Å². The van der Waals surface area contributed by atoms with Crippen LogP contribution in [0.15, 0.2) is 28.2 Å². The minimum atomic E-state index is -3.01. The fraction of sp³-hybridized carbons (Fsp3) is 0.500. The van der Waals surface area contributed by atoms with Crippen molar-refractivity contribution < 1.29 is 12.8 Å². The number of hydrogen-bond acceptors (Lipinski definition) is 6. The fourth-order valence-corrected chi connectivity index (χ4v) is 4.67. The van der Waals surface area contributed by atoms with E-state index in [-0.39, 0.29) is 5.75 Å². The lowest BCUT2D eigenvalue weighted by Gasteiger charge is -2.13. The molecule has 3 heterocycles. The maximum atomic E-state index is 11.3. The number of nitrogens with zero attached hydrogens (tertiary/aromatic N) is 2. The summed E-state index contributed by atoms with van der Waals surface area (Å²) in [6.45, 7) is 2.76. The first-order valence-electron chi connectivity index (χ1n) is 6.86. The lowest BCUT2D eigenvalue weighted by atomic mass is 10.1. The normalized spacial score (nSPS) is 20.1. The summed E-state index contributed by atoms with van der Waals surface area (Å²) in [5, 5.41) is 2.63. The van der Waals surface area contributed by atoms with Crippen molar-refractivity contribution in [3.63, 3.8) is 0 Å². The molecule has 1 aliphatic rings. The Bertz CT molecular complexity index is 692. The maximum Gasteiger partial charge on any atom is 0.153 e. The van der Waals surface area contributed by atoms with E-state index in [0.717, 1.165) is 37.5 Å². The highest BCUT2D eigenvalue weighted by Gasteiger charge is 2.26. The molecule has 2 aromatic heterocycles. The maximum absolute atomic E-state index is 11.3. The number of likely N-dealkylation sites (tertiary alicyclic amines) is 1. The lowest BCUT2D eigenvalue weighted by molar-refractivity contribution is 0.318. The molecule has 5 nitrogen and oxygen atoms in total. The van der Waals surface area contributed by atoms with Gasteiger partial charge in [0.15, 0.2) is 9.84 Å². The van der Waals surface area contributed by atoms with E-state index in [0.29, 0.717) is 10.9 Å². The Morgan fingerprint density at radius 2 is 2.38 bits per heavy atom. The van der Waals surface area contributed by atoms with Gasteiger partial charge in [0.1, 0.15) is 16.5 Å². The van der Waals surface area contributed by atoms with Crippen LogP contribution in [-0.2, 0) is 22.1 Å². The Labute approximate surface area is 128 Å². The van der Waals surface area contributed by atoms with Crippen molar-refractivity contribution in [3.8, 4) is 0 Å². The molecule has 1 fully saturated rings. The van der Waals surface area contributed by atoms with Gasteiger partial charge in [-0.3, -0.25) is 4.90 Å². The SMILES string of the molecule is CS(=O)(=O)Cc1nc(CN2CC[C@@H](c3ccco3)C2)cs1. The summed E-state index contributed by atoms with van der Waals surface area (Å²) in [5.41, 5.74) is 0.957. The minimum absolute atomic E-state index is 0.0344. The molecular formula is C14H18N2O3S2. The molecule has 0 aromatic carbocycles. The second-order valence-electron chi connectivity index (χ2n) is 5.54. The number of furan rings is 1. The Balaban J connectivity index is 1.58. The van der Waals surface area contributed by atoms with E-state index in [1.165, 1.54) is 17.6 Å². The lowest BCUT2D eigenvalue weighted by Crippen LogP contribution is -2.20. The first-order chi connectivity index (χ1) is 9.99. The van der Waals surface area contributed by atoms with Crippen LogP contribution < -0.4 is 0 Å². The summed E-state index contributed by atoms with van der Waals surface area (Å²) in [7, 11) is -3.01. The molecular weight excluding hydrogens is 308 g/mol. The van der Waals surface area contributed by atoms with Crippen molar-refractivity contribution in [2.24, 2.45) is 0 Å². The van der Waals surface area contributed by atoms with Gasteiger partial charge in [0.2, 0.25) is 0 Å². The Morgan fingerprint density at radius 1 is 1.52 bits per heavy atom. The van der Waals surface area contributed by atoms with Crippen LogP contribution in [0.3, 0.4) is 0 Å². The van der Waals surface area contributed by atoms with E-state index < -0.39 is 9.84 Å². The predicted octanol–water partition coefficient (Wildman–Crippen LogP) is 2.27. The Morgan fingerprint density at radius 3 is 3.10 bits per heavy atom. The average Bonchev–Trinajstić information content (AvgIpc) is 3.08. The molecule has 0 saturated carbocycles. The standard InChI is InChI=1S/C14H18N2O3S2/c1-21(17,18)10-14-15-12(9-20-14)8-16-5-4-11(7-16)13-3-2-6-19-13/h2-3,6,9,11H,4-5,7-8,10H2,1H3/t11-/m1/s1. The fourth-order valence-electron chi connectivity index (χ4n) is 2.67. The molecule has 0 spiro atoms. The van der Waals surface area contributed by atoms with Gasteiger partial charge in [-0.1, -0.05) is 0 Å². The van der Waals surface area contributed by atoms with E-state index in [4.69, 9.17) is 4.42 Å². The number of thiazole rings is 1. The summed E-state index contributed by atoms with van der Waals surface area (Å²) in [6, 6.07) is 3.96. The van der Waals surface area contributed by atoms with Gasteiger partial charge in [-0.2, -0.15) is 0 Å². The third-order valence-corrected chi connectivity index (χ3v) is 5.47. The van der Waals surface area contributed by atoms with Crippen LogP contribution in [-0.4, -0.2) is 37.6 Å². The molecule has 1 saturated heterocycles. The van der Waals surface area contributed by atoms with Crippen LogP contribution in [0.25, 0.3) is 0 Å². The monoisotopic (exact) mass is 326 g/mol. The van der Waals surface area contributed by atoms with Crippen molar-refractivity contribution in [1.82, 2.24) is 9.88 Å². The van der Waals surface area contributed by atoms with Gasteiger partial charge in [-0.05, 0) is 25.1 Å². The molecule has 0 bridgehead atoms. The summed E-state index contributed by atoms with van der Waals surface area (Å²) < 4.78 is 28.0. The number of rotatable bonds is 5. The summed E-state index contributed by atoms with van der Waals surface area (Å²) in [6.07, 6.45) is 4.05. The van der Waals surface area contributed by atoms with Crippen molar-refractivity contribution in [1.29, 1.82) is 0 Å². The van der Waals surface area contributed by atoms with E-state index in [1.54, 1.807) is 6.26 Å². The molecule has 1 aliphatic heterocycles. The third kappa shape index (κ3) is 3.93. The van der Waals surface area contributed by atoms with E-state index in [2.05, 4.69) is 9.88 Å². The third-order valence-electron chi connectivity index (χ3n) is 3.59. The van der Waals surface area contributed by atoms with Gasteiger partial charge in [0.25, 0.3) is 0 Å². The number of aromatic nitrogens is 1. The zero-order valence-electron chi connectivity index (χ0n) is 11.9. The highest BCUT2D eigenvalue weighted by Crippen LogP contribution is 2.28. The molecule has 3 rings (SSSR count). The van der Waals surface area contributed by atoms with Crippen LogP contribution in [0.5, 0.6) is 0 Å². The van der Waals surface area contributed by atoms with Crippen LogP contribution in [0.4, 0.5) is 0 Å². The van der Waals surface area contributed by atoms with E-state index >= 15 is 0 Å². The highest BCUT2D eigenvalue weighted by atomic mass is 32.2. The summed E-state index contributed by atoms with van der Waals surface area (Å²) in [5.74, 6) is 1.54. The first kappa shape index (κ1) is 14.7. The zero-order chi connectivity index (χ0) is 14.9. The molecule has 21 heavy (non-hydrogen) atoms. The first-order valence-corrected chi connectivity index (χ1v) is 9.80. The van der Waals surface area contributed by atoms with Crippen molar-refractivity contribution in [2.75, 3.05) is 19.3 Å². The van der Waals surface area contributed by atoms with Crippen LogP contribution >= 0.6 is 11.3 Å². The quantitative estimate of drug-likeness (QED) is 0.843. The minimum Gasteiger partial charge on any atom is -0.469 e. The molecule has 1 atom stereocenters. The summed E-state index contributed by atoms with van der Waals surface area (Å²) in [4.78, 5) is 6.76. The number of hydrogen-bond donors (Lipinski definition) is 0. The van der Waals surface area contributed by atoms with Crippen molar-refractivity contribution in [3.05, 3.63) is 40.2 Å². The average molecular weight is 326 g/mol. The Hall–Kier alpha value is -1.18. The molecule has 0 aliphatic carbocycles. The van der Waals surface area contributed by atoms with Crippen LogP contribution in [0.1, 0.15) is 28.8 Å². The van der Waals surface area contributed by atoms with Gasteiger partial charge in [0, 0.05) is 30.6 Å². The second-order valence-corrected chi connectivity index (χ2v) is 8.62. The van der Waals surface area contributed by atoms with Gasteiger partial charge in [-0.15, -0.1) is 11.3 Å². The highest BCUT2D eigenvalue weighted by molar-refractivity contribution is 7.90. The van der Waals surface area contributed by atoms with Gasteiger partial charge < -0.3 is 4.42 Å². The zero-order valence-corrected chi connectivity index (χ0v) is 13.5. The predicted molar refractivity (Wildman–Crippen MR) is 82.0 cm³/mol. The molecule has 0 radical (unpaired) electrons. The van der Waals surface area contributed by atoms with E-state index in [9.17, 15) is 8.42 Å².